The predicted molar refractivity (Wildman–Crippen MR) is 74.9 cm³/mol. The molecule has 6 heteroatoms. The fraction of sp³-hybridized carbons (Fsp3) is 0.500. The molecule has 0 atom stereocenters. The van der Waals surface area contributed by atoms with Crippen LogP contribution in [0.1, 0.15) is 20.8 Å². The van der Waals surface area contributed by atoms with Crippen molar-refractivity contribution in [2.45, 2.75) is 25.5 Å². The SMILES string of the molecule is CC(C)(C)S(=O)(=O)CCOc1ccc(Cl)cc1N. The Morgan fingerprint density at radius 1 is 1.33 bits per heavy atom. The molecule has 2 N–H and O–H groups in total. The Labute approximate surface area is 113 Å². The molecular formula is C12H18ClNO3S. The van der Waals surface area contributed by atoms with Crippen LogP contribution in [0.2, 0.25) is 5.02 Å². The van der Waals surface area contributed by atoms with E-state index in [1.54, 1.807) is 39.0 Å². The zero-order chi connectivity index (χ0) is 14.0. The quantitative estimate of drug-likeness (QED) is 0.866. The molecule has 4 nitrogen and oxygen atoms in total. The summed E-state index contributed by atoms with van der Waals surface area (Å²) in [7, 11) is -3.18. The summed E-state index contributed by atoms with van der Waals surface area (Å²) in [6.07, 6.45) is 0. The van der Waals surface area contributed by atoms with Crippen LogP contribution < -0.4 is 10.5 Å². The van der Waals surface area contributed by atoms with Crippen molar-refractivity contribution < 1.29 is 13.2 Å². The van der Waals surface area contributed by atoms with Crippen LogP contribution in [0.15, 0.2) is 18.2 Å². The summed E-state index contributed by atoms with van der Waals surface area (Å²) < 4.78 is 28.3. The van der Waals surface area contributed by atoms with Crippen molar-refractivity contribution in [3.05, 3.63) is 23.2 Å². The lowest BCUT2D eigenvalue weighted by molar-refractivity contribution is 0.341. The van der Waals surface area contributed by atoms with Crippen molar-refractivity contribution in [3.63, 3.8) is 0 Å². The van der Waals surface area contributed by atoms with Crippen molar-refractivity contribution >= 4 is 27.1 Å². The van der Waals surface area contributed by atoms with Gasteiger partial charge in [-0.2, -0.15) is 0 Å². The number of nitrogens with two attached hydrogens (primary N) is 1. The third kappa shape index (κ3) is 3.78. The number of hydrogen-bond donors (Lipinski definition) is 1. The van der Waals surface area contributed by atoms with Crippen LogP contribution in [-0.4, -0.2) is 25.5 Å². The molecule has 0 aliphatic heterocycles. The molecule has 1 aromatic rings. The molecule has 0 saturated carbocycles. The number of nitrogen functional groups attached to an aromatic ring is 1. The lowest BCUT2D eigenvalue weighted by Gasteiger charge is -2.19. The van der Waals surface area contributed by atoms with Gasteiger partial charge in [0.05, 0.1) is 16.2 Å². The van der Waals surface area contributed by atoms with Gasteiger partial charge in [-0.3, -0.25) is 0 Å². The largest absolute Gasteiger partial charge is 0.490 e. The van der Waals surface area contributed by atoms with Crippen molar-refractivity contribution in [1.29, 1.82) is 0 Å². The van der Waals surface area contributed by atoms with E-state index in [0.717, 1.165) is 0 Å². The maximum absolute atomic E-state index is 11.8. The van der Waals surface area contributed by atoms with Crippen molar-refractivity contribution in [2.75, 3.05) is 18.1 Å². The molecule has 1 aromatic carbocycles. The highest BCUT2D eigenvalue weighted by atomic mass is 35.5. The van der Waals surface area contributed by atoms with Crippen LogP contribution in [-0.2, 0) is 9.84 Å². The average molecular weight is 292 g/mol. The first-order valence-electron chi connectivity index (χ1n) is 5.53. The summed E-state index contributed by atoms with van der Waals surface area (Å²) in [6, 6.07) is 4.84. The van der Waals surface area contributed by atoms with Crippen LogP contribution in [0.3, 0.4) is 0 Å². The van der Waals surface area contributed by atoms with Gasteiger partial charge in [-0.15, -0.1) is 0 Å². The summed E-state index contributed by atoms with van der Waals surface area (Å²) in [5.41, 5.74) is 6.10. The number of rotatable bonds is 4. The van der Waals surface area contributed by atoms with Gasteiger partial charge >= 0.3 is 0 Å². The maximum Gasteiger partial charge on any atom is 0.158 e. The molecule has 0 spiro atoms. The van der Waals surface area contributed by atoms with E-state index >= 15 is 0 Å². The molecule has 1 rings (SSSR count). The minimum atomic E-state index is -3.18. The first kappa shape index (κ1) is 15.1. The first-order valence-corrected chi connectivity index (χ1v) is 7.56. The van der Waals surface area contributed by atoms with E-state index in [2.05, 4.69) is 0 Å². The predicted octanol–water partition coefficient (Wildman–Crippen LogP) is 2.51. The molecule has 0 heterocycles. The molecule has 0 aromatic heterocycles. The van der Waals surface area contributed by atoms with Crippen molar-refractivity contribution in [1.82, 2.24) is 0 Å². The summed E-state index contributed by atoms with van der Waals surface area (Å²) in [6.45, 7) is 5.07. The van der Waals surface area contributed by atoms with Crippen LogP contribution in [0.5, 0.6) is 5.75 Å². The lowest BCUT2D eigenvalue weighted by atomic mass is 10.3. The van der Waals surface area contributed by atoms with E-state index in [1.807, 2.05) is 0 Å². The average Bonchev–Trinajstić information content (AvgIpc) is 2.19. The van der Waals surface area contributed by atoms with E-state index in [9.17, 15) is 8.42 Å². The number of ether oxygens (including phenoxy) is 1. The van der Waals surface area contributed by atoms with Crippen molar-refractivity contribution in [2.24, 2.45) is 0 Å². The second kappa shape index (κ2) is 5.36. The molecule has 0 bridgehead atoms. The smallest absolute Gasteiger partial charge is 0.158 e. The van der Waals surface area contributed by atoms with Gasteiger partial charge in [-0.25, -0.2) is 8.42 Å². The van der Waals surface area contributed by atoms with E-state index < -0.39 is 14.6 Å². The van der Waals surface area contributed by atoms with Crippen LogP contribution in [0, 0.1) is 0 Å². The highest BCUT2D eigenvalue weighted by Gasteiger charge is 2.28. The Kier molecular flexibility index (Phi) is 4.50. The van der Waals surface area contributed by atoms with Gasteiger partial charge in [0.2, 0.25) is 0 Å². The summed E-state index contributed by atoms with van der Waals surface area (Å²) in [4.78, 5) is 0. The molecule has 0 aliphatic rings. The second-order valence-electron chi connectivity index (χ2n) is 4.96. The maximum atomic E-state index is 11.8. The molecule has 0 saturated heterocycles. The zero-order valence-electron chi connectivity index (χ0n) is 10.7. The molecule has 0 radical (unpaired) electrons. The summed E-state index contributed by atoms with van der Waals surface area (Å²) >= 11 is 5.75. The normalized spacial score (nSPS) is 12.4. The monoisotopic (exact) mass is 291 g/mol. The number of halogens is 1. The third-order valence-corrected chi connectivity index (χ3v) is 5.32. The van der Waals surface area contributed by atoms with Gasteiger partial charge in [0.25, 0.3) is 0 Å². The van der Waals surface area contributed by atoms with E-state index in [0.29, 0.717) is 16.5 Å². The summed E-state index contributed by atoms with van der Waals surface area (Å²) in [5, 5.41) is 0.516. The van der Waals surface area contributed by atoms with E-state index in [4.69, 9.17) is 22.1 Å². The molecule has 0 aliphatic carbocycles. The molecule has 0 fully saturated rings. The Balaban J connectivity index is 2.63. The van der Waals surface area contributed by atoms with Crippen molar-refractivity contribution in [3.8, 4) is 5.75 Å². The number of sulfone groups is 1. The topological polar surface area (TPSA) is 69.4 Å². The lowest BCUT2D eigenvalue weighted by Crippen LogP contribution is -2.32. The number of hydrogen-bond acceptors (Lipinski definition) is 4. The molecule has 18 heavy (non-hydrogen) atoms. The summed E-state index contributed by atoms with van der Waals surface area (Å²) in [5.74, 6) is 0.405. The second-order valence-corrected chi connectivity index (χ2v) is 8.26. The minimum Gasteiger partial charge on any atom is -0.490 e. The Bertz CT molecular complexity index is 521. The Morgan fingerprint density at radius 2 is 1.94 bits per heavy atom. The standard InChI is InChI=1S/C12H18ClNO3S/c1-12(2,3)18(15,16)7-6-17-11-5-4-9(13)8-10(11)14/h4-5,8H,6-7,14H2,1-3H3. The molecule has 102 valence electrons. The first-order chi connectivity index (χ1) is 8.13. The van der Waals surface area contributed by atoms with E-state index in [1.165, 1.54) is 0 Å². The highest BCUT2D eigenvalue weighted by Crippen LogP contribution is 2.25. The Morgan fingerprint density at radius 3 is 2.44 bits per heavy atom. The minimum absolute atomic E-state index is 0.0431. The fourth-order valence-corrected chi connectivity index (χ4v) is 2.31. The van der Waals surface area contributed by atoms with Gasteiger partial charge in [-0.05, 0) is 39.0 Å². The van der Waals surface area contributed by atoms with E-state index in [-0.39, 0.29) is 12.4 Å². The Hall–Kier alpha value is -0.940. The van der Waals surface area contributed by atoms with Gasteiger partial charge in [0.15, 0.2) is 9.84 Å². The third-order valence-electron chi connectivity index (χ3n) is 2.51. The van der Waals surface area contributed by atoms with Crippen LogP contribution in [0.25, 0.3) is 0 Å². The molecular weight excluding hydrogens is 274 g/mol. The van der Waals surface area contributed by atoms with Crippen LogP contribution >= 0.6 is 11.6 Å². The van der Waals surface area contributed by atoms with Gasteiger partial charge < -0.3 is 10.5 Å². The van der Waals surface area contributed by atoms with Gasteiger partial charge in [0.1, 0.15) is 12.4 Å². The molecule has 0 amide bonds. The highest BCUT2D eigenvalue weighted by molar-refractivity contribution is 7.92. The number of anilines is 1. The van der Waals surface area contributed by atoms with Gasteiger partial charge in [0, 0.05) is 5.02 Å². The van der Waals surface area contributed by atoms with Gasteiger partial charge in [-0.1, -0.05) is 11.6 Å². The zero-order valence-corrected chi connectivity index (χ0v) is 12.3. The number of benzene rings is 1. The molecule has 0 unspecified atom stereocenters. The van der Waals surface area contributed by atoms with Crippen LogP contribution in [0.4, 0.5) is 5.69 Å². The fourth-order valence-electron chi connectivity index (χ4n) is 1.22.